The van der Waals surface area contributed by atoms with E-state index in [2.05, 4.69) is 22.4 Å². The molecule has 2 aromatic rings. The van der Waals surface area contributed by atoms with Crippen LogP contribution in [0, 0.1) is 6.92 Å². The fourth-order valence-electron chi connectivity index (χ4n) is 1.94. The molecule has 1 aromatic heterocycles. The Morgan fingerprint density at radius 2 is 2.06 bits per heavy atom. The van der Waals surface area contributed by atoms with E-state index in [-0.39, 0.29) is 11.7 Å². The number of hydrogen-bond donors (Lipinski definition) is 1. The molecule has 0 fully saturated rings. The lowest BCUT2D eigenvalue weighted by Crippen LogP contribution is -2.29. The minimum atomic E-state index is -0.211. The summed E-state index contributed by atoms with van der Waals surface area (Å²) in [6, 6.07) is 10.2. The summed E-state index contributed by atoms with van der Waals surface area (Å²) >= 11 is 0. The molecule has 1 N–H and O–H groups in total. The van der Waals surface area contributed by atoms with Crippen LogP contribution in [0.3, 0.4) is 0 Å². The molecule has 18 heavy (non-hydrogen) atoms. The zero-order valence-electron chi connectivity index (χ0n) is 10.6. The third kappa shape index (κ3) is 2.84. The van der Waals surface area contributed by atoms with Crippen LogP contribution in [-0.2, 0) is 6.54 Å². The second kappa shape index (κ2) is 5.60. The lowest BCUT2D eigenvalue weighted by molar-refractivity contribution is 0.484. The van der Waals surface area contributed by atoms with Crippen LogP contribution < -0.4 is 11.0 Å². The standard InChI is InChI=1S/C14H17N3O/c1-11-8-16-14(18)17(9-11)10-13(15-2)12-6-4-3-5-7-12/h3-9,13,15H,10H2,1-2H3. The van der Waals surface area contributed by atoms with Gasteiger partial charge in [0.2, 0.25) is 0 Å². The fourth-order valence-corrected chi connectivity index (χ4v) is 1.94. The molecule has 2 rings (SSSR count). The average Bonchev–Trinajstić information content (AvgIpc) is 2.41. The normalized spacial score (nSPS) is 12.3. The average molecular weight is 243 g/mol. The van der Waals surface area contributed by atoms with E-state index in [1.807, 2.05) is 38.4 Å². The van der Waals surface area contributed by atoms with Crippen molar-refractivity contribution in [3.8, 4) is 0 Å². The van der Waals surface area contributed by atoms with Crippen molar-refractivity contribution < 1.29 is 0 Å². The van der Waals surface area contributed by atoms with Crippen LogP contribution >= 0.6 is 0 Å². The molecule has 1 aromatic carbocycles. The zero-order valence-corrected chi connectivity index (χ0v) is 10.6. The van der Waals surface area contributed by atoms with Crippen molar-refractivity contribution in [1.82, 2.24) is 14.9 Å². The Bertz CT molecular complexity index is 563. The highest BCUT2D eigenvalue weighted by molar-refractivity contribution is 5.18. The minimum absolute atomic E-state index is 0.104. The van der Waals surface area contributed by atoms with Crippen LogP contribution in [0.5, 0.6) is 0 Å². The van der Waals surface area contributed by atoms with Crippen molar-refractivity contribution in [3.63, 3.8) is 0 Å². The van der Waals surface area contributed by atoms with Crippen LogP contribution in [0.4, 0.5) is 0 Å². The van der Waals surface area contributed by atoms with Crippen molar-refractivity contribution in [1.29, 1.82) is 0 Å². The lowest BCUT2D eigenvalue weighted by atomic mass is 10.1. The van der Waals surface area contributed by atoms with Gasteiger partial charge < -0.3 is 5.32 Å². The number of nitrogens with zero attached hydrogens (tertiary/aromatic N) is 2. The molecule has 4 nitrogen and oxygen atoms in total. The molecule has 0 aliphatic rings. The smallest absolute Gasteiger partial charge is 0.312 e. The Balaban J connectivity index is 2.26. The highest BCUT2D eigenvalue weighted by Crippen LogP contribution is 2.13. The maximum absolute atomic E-state index is 11.7. The van der Waals surface area contributed by atoms with E-state index in [0.717, 1.165) is 11.1 Å². The molecule has 0 aliphatic carbocycles. The van der Waals surface area contributed by atoms with Crippen molar-refractivity contribution in [3.05, 3.63) is 64.3 Å². The number of hydrogen-bond acceptors (Lipinski definition) is 3. The molecule has 0 aliphatic heterocycles. The first-order valence-corrected chi connectivity index (χ1v) is 5.96. The van der Waals surface area contributed by atoms with Gasteiger partial charge in [0.15, 0.2) is 0 Å². The number of aryl methyl sites for hydroxylation is 1. The summed E-state index contributed by atoms with van der Waals surface area (Å²) in [5.74, 6) is 0. The van der Waals surface area contributed by atoms with Gasteiger partial charge in [-0.25, -0.2) is 9.78 Å². The molecule has 0 spiro atoms. The summed E-state index contributed by atoms with van der Waals surface area (Å²) in [7, 11) is 1.89. The van der Waals surface area contributed by atoms with E-state index < -0.39 is 0 Å². The summed E-state index contributed by atoms with van der Waals surface area (Å²) in [5, 5.41) is 3.23. The Morgan fingerprint density at radius 3 is 2.72 bits per heavy atom. The van der Waals surface area contributed by atoms with E-state index in [1.165, 1.54) is 0 Å². The van der Waals surface area contributed by atoms with Gasteiger partial charge >= 0.3 is 5.69 Å². The fraction of sp³-hybridized carbons (Fsp3) is 0.286. The first-order valence-electron chi connectivity index (χ1n) is 5.96. The van der Waals surface area contributed by atoms with Crippen LogP contribution in [0.25, 0.3) is 0 Å². The summed E-state index contributed by atoms with van der Waals surface area (Å²) in [6.45, 7) is 2.51. The van der Waals surface area contributed by atoms with Gasteiger partial charge in [-0.3, -0.25) is 4.57 Å². The number of likely N-dealkylation sites (N-methyl/N-ethyl adjacent to an activating group) is 1. The highest BCUT2D eigenvalue weighted by Gasteiger charge is 2.10. The summed E-state index contributed by atoms with van der Waals surface area (Å²) in [5.41, 5.74) is 1.93. The van der Waals surface area contributed by atoms with Crippen LogP contribution in [0.2, 0.25) is 0 Å². The summed E-state index contributed by atoms with van der Waals surface area (Å²) in [6.07, 6.45) is 3.43. The second-order valence-corrected chi connectivity index (χ2v) is 4.32. The molecule has 0 bridgehead atoms. The molecular formula is C14H17N3O. The number of benzene rings is 1. The maximum Gasteiger partial charge on any atom is 0.347 e. The third-order valence-corrected chi connectivity index (χ3v) is 2.91. The van der Waals surface area contributed by atoms with Crippen LogP contribution in [-0.4, -0.2) is 16.6 Å². The number of nitrogens with one attached hydrogen (secondary N) is 1. The quantitative estimate of drug-likeness (QED) is 0.885. The van der Waals surface area contributed by atoms with Crippen LogP contribution in [0.15, 0.2) is 47.5 Å². The van der Waals surface area contributed by atoms with Gasteiger partial charge in [0, 0.05) is 18.9 Å². The van der Waals surface area contributed by atoms with E-state index in [1.54, 1.807) is 10.8 Å². The van der Waals surface area contributed by atoms with E-state index in [0.29, 0.717) is 6.54 Å². The lowest BCUT2D eigenvalue weighted by Gasteiger charge is -2.17. The summed E-state index contributed by atoms with van der Waals surface area (Å²) in [4.78, 5) is 15.5. The first-order chi connectivity index (χ1) is 8.70. The van der Waals surface area contributed by atoms with Gasteiger partial charge in [-0.1, -0.05) is 30.3 Å². The molecule has 0 saturated heterocycles. The van der Waals surface area contributed by atoms with Gasteiger partial charge in [-0.2, -0.15) is 0 Å². The zero-order chi connectivity index (χ0) is 13.0. The molecule has 94 valence electrons. The van der Waals surface area contributed by atoms with Gasteiger partial charge in [-0.15, -0.1) is 0 Å². The molecule has 0 saturated carbocycles. The van der Waals surface area contributed by atoms with E-state index in [9.17, 15) is 4.79 Å². The Kier molecular flexibility index (Phi) is 3.89. The first kappa shape index (κ1) is 12.5. The molecule has 1 unspecified atom stereocenters. The van der Waals surface area contributed by atoms with Crippen molar-refractivity contribution >= 4 is 0 Å². The number of aromatic nitrogens is 2. The van der Waals surface area contributed by atoms with Crippen molar-refractivity contribution in [2.45, 2.75) is 19.5 Å². The SMILES string of the molecule is CNC(Cn1cc(C)cnc1=O)c1ccccc1. The highest BCUT2D eigenvalue weighted by atomic mass is 16.1. The van der Waals surface area contributed by atoms with Gasteiger partial charge in [-0.05, 0) is 25.1 Å². The minimum Gasteiger partial charge on any atom is -0.312 e. The van der Waals surface area contributed by atoms with Gasteiger partial charge in [0.1, 0.15) is 0 Å². The molecule has 1 atom stereocenters. The van der Waals surface area contributed by atoms with Crippen molar-refractivity contribution in [2.24, 2.45) is 0 Å². The number of rotatable bonds is 4. The van der Waals surface area contributed by atoms with E-state index >= 15 is 0 Å². The third-order valence-electron chi connectivity index (χ3n) is 2.91. The van der Waals surface area contributed by atoms with Crippen molar-refractivity contribution in [2.75, 3.05) is 7.05 Å². The Hall–Kier alpha value is -1.94. The largest absolute Gasteiger partial charge is 0.347 e. The molecular weight excluding hydrogens is 226 g/mol. The van der Waals surface area contributed by atoms with Gasteiger partial charge in [0.05, 0.1) is 6.04 Å². The Morgan fingerprint density at radius 1 is 1.33 bits per heavy atom. The molecule has 0 radical (unpaired) electrons. The second-order valence-electron chi connectivity index (χ2n) is 4.32. The molecule has 0 amide bonds. The predicted molar refractivity (Wildman–Crippen MR) is 71.5 cm³/mol. The topological polar surface area (TPSA) is 46.9 Å². The van der Waals surface area contributed by atoms with Gasteiger partial charge in [0.25, 0.3) is 0 Å². The monoisotopic (exact) mass is 243 g/mol. The van der Waals surface area contributed by atoms with Crippen LogP contribution in [0.1, 0.15) is 17.2 Å². The summed E-state index contributed by atoms with van der Waals surface area (Å²) < 4.78 is 1.64. The Labute approximate surface area is 106 Å². The maximum atomic E-state index is 11.7. The molecule has 1 heterocycles. The molecule has 4 heteroatoms. The predicted octanol–water partition coefficient (Wildman–Crippen LogP) is 1.51. The van der Waals surface area contributed by atoms with E-state index in [4.69, 9.17) is 0 Å².